The van der Waals surface area contributed by atoms with E-state index in [-0.39, 0.29) is 0 Å². The van der Waals surface area contributed by atoms with Crippen LogP contribution in [0.3, 0.4) is 0 Å². The Bertz CT molecular complexity index is 714. The van der Waals surface area contributed by atoms with Crippen molar-refractivity contribution in [2.75, 3.05) is 33.2 Å². The Balaban J connectivity index is 1.47. The van der Waals surface area contributed by atoms with E-state index in [1.54, 1.807) is 0 Å². The quantitative estimate of drug-likeness (QED) is 0.619. The monoisotopic (exact) mass is 353 g/mol. The molecular weight excluding hydrogens is 322 g/mol. The predicted octanol–water partition coefficient (Wildman–Crippen LogP) is 2.82. The minimum absolute atomic E-state index is 0.522. The van der Waals surface area contributed by atoms with Gasteiger partial charge in [0.1, 0.15) is 0 Å². The molecule has 1 saturated heterocycles. The summed E-state index contributed by atoms with van der Waals surface area (Å²) in [5, 5.41) is 8.25. The number of nitrogens with zero attached hydrogens (tertiary/aromatic N) is 3. The van der Waals surface area contributed by atoms with Crippen LogP contribution in [0.15, 0.2) is 41.5 Å². The van der Waals surface area contributed by atoms with Crippen LogP contribution in [0.25, 0.3) is 10.9 Å². The van der Waals surface area contributed by atoms with Gasteiger partial charge in [0.15, 0.2) is 5.96 Å². The first-order chi connectivity index (χ1) is 12.8. The lowest BCUT2D eigenvalue weighted by Gasteiger charge is -2.32. The minimum Gasteiger partial charge on any atom is -0.356 e. The van der Waals surface area contributed by atoms with Crippen LogP contribution in [0.1, 0.15) is 31.7 Å². The number of hydrogen-bond donors (Lipinski definition) is 2. The number of fused-ring (bicyclic) bond motifs is 1. The van der Waals surface area contributed by atoms with Gasteiger partial charge < -0.3 is 15.5 Å². The van der Waals surface area contributed by atoms with Crippen molar-refractivity contribution in [3.63, 3.8) is 0 Å². The van der Waals surface area contributed by atoms with Gasteiger partial charge in [0.2, 0.25) is 0 Å². The zero-order chi connectivity index (χ0) is 18.2. The summed E-state index contributed by atoms with van der Waals surface area (Å²) in [6.07, 6.45) is 6.42. The van der Waals surface area contributed by atoms with Gasteiger partial charge in [-0.05, 0) is 43.9 Å². The summed E-state index contributed by atoms with van der Waals surface area (Å²) in [4.78, 5) is 11.5. The smallest absolute Gasteiger partial charge is 0.191 e. The van der Waals surface area contributed by atoms with E-state index < -0.39 is 0 Å². The highest BCUT2D eigenvalue weighted by Crippen LogP contribution is 2.16. The number of hydrogen-bond acceptors (Lipinski definition) is 3. The molecule has 2 aromatic rings. The largest absolute Gasteiger partial charge is 0.356 e. The first-order valence-electron chi connectivity index (χ1n) is 9.82. The lowest BCUT2D eigenvalue weighted by molar-refractivity contribution is 0.206. The van der Waals surface area contributed by atoms with E-state index in [0.29, 0.717) is 6.04 Å². The highest BCUT2D eigenvalue weighted by molar-refractivity contribution is 5.82. The maximum Gasteiger partial charge on any atom is 0.191 e. The van der Waals surface area contributed by atoms with Crippen molar-refractivity contribution in [3.8, 4) is 0 Å². The number of benzene rings is 1. The Morgan fingerprint density at radius 3 is 2.81 bits per heavy atom. The molecule has 3 rings (SSSR count). The molecule has 2 heterocycles. The molecule has 0 amide bonds. The van der Waals surface area contributed by atoms with E-state index >= 15 is 0 Å². The van der Waals surface area contributed by atoms with Gasteiger partial charge >= 0.3 is 0 Å². The van der Waals surface area contributed by atoms with Crippen LogP contribution < -0.4 is 10.6 Å². The Hall–Kier alpha value is -2.14. The van der Waals surface area contributed by atoms with E-state index in [1.807, 2.05) is 19.3 Å². The molecule has 0 radical (unpaired) electrons. The summed E-state index contributed by atoms with van der Waals surface area (Å²) in [5.74, 6) is 0.909. The van der Waals surface area contributed by atoms with Gasteiger partial charge in [0, 0.05) is 44.3 Å². The maximum absolute atomic E-state index is 4.54. The first kappa shape index (κ1) is 18.6. The highest BCUT2D eigenvalue weighted by atomic mass is 15.2. The summed E-state index contributed by atoms with van der Waals surface area (Å²) in [6, 6.07) is 11.0. The molecule has 0 unspecified atom stereocenters. The third-order valence-electron chi connectivity index (χ3n) is 5.09. The molecule has 1 aliphatic heterocycles. The Morgan fingerprint density at radius 2 is 2.04 bits per heavy atom. The molecule has 5 nitrogen and oxygen atoms in total. The molecule has 1 aromatic carbocycles. The Labute approximate surface area is 156 Å². The van der Waals surface area contributed by atoms with E-state index in [9.17, 15) is 0 Å². The second-order valence-corrected chi connectivity index (χ2v) is 7.00. The van der Waals surface area contributed by atoms with E-state index in [4.69, 9.17) is 0 Å². The molecule has 1 aromatic heterocycles. The molecule has 0 spiro atoms. The van der Waals surface area contributed by atoms with Crippen molar-refractivity contribution < 1.29 is 0 Å². The fraction of sp³-hybridized carbons (Fsp3) is 0.524. The third-order valence-corrected chi connectivity index (χ3v) is 5.09. The average Bonchev–Trinajstić information content (AvgIpc) is 2.69. The van der Waals surface area contributed by atoms with Crippen molar-refractivity contribution in [3.05, 3.63) is 42.1 Å². The van der Waals surface area contributed by atoms with Crippen molar-refractivity contribution in [1.29, 1.82) is 0 Å². The number of nitrogens with one attached hydrogen (secondary N) is 2. The number of aliphatic imine (C=N–C) groups is 1. The number of piperidine rings is 1. The molecule has 0 saturated carbocycles. The van der Waals surface area contributed by atoms with Gasteiger partial charge in [-0.2, -0.15) is 0 Å². The van der Waals surface area contributed by atoms with Crippen molar-refractivity contribution in [2.45, 2.75) is 38.6 Å². The van der Waals surface area contributed by atoms with Crippen LogP contribution in [0, 0.1) is 0 Å². The van der Waals surface area contributed by atoms with Crippen LogP contribution in [0.5, 0.6) is 0 Å². The number of para-hydroxylation sites is 1. The molecule has 1 fully saturated rings. The zero-order valence-corrected chi connectivity index (χ0v) is 16.0. The van der Waals surface area contributed by atoms with Crippen LogP contribution in [-0.2, 0) is 6.42 Å². The fourth-order valence-corrected chi connectivity index (χ4v) is 3.69. The molecule has 0 bridgehead atoms. The maximum atomic E-state index is 4.54. The van der Waals surface area contributed by atoms with Crippen LogP contribution in [-0.4, -0.2) is 55.1 Å². The van der Waals surface area contributed by atoms with Crippen molar-refractivity contribution in [2.24, 2.45) is 4.99 Å². The van der Waals surface area contributed by atoms with Crippen LogP contribution in [0.4, 0.5) is 0 Å². The van der Waals surface area contributed by atoms with Gasteiger partial charge in [-0.1, -0.05) is 31.2 Å². The number of guanidine groups is 1. The average molecular weight is 354 g/mol. The SMILES string of the molecule is CCCN1CCC(NC(=NC)NCCc2cccc3cccnc23)CC1. The number of rotatable bonds is 6. The topological polar surface area (TPSA) is 52.5 Å². The lowest BCUT2D eigenvalue weighted by Crippen LogP contribution is -2.49. The normalized spacial score (nSPS) is 16.8. The van der Waals surface area contributed by atoms with Gasteiger partial charge in [0.05, 0.1) is 5.52 Å². The fourth-order valence-electron chi connectivity index (χ4n) is 3.69. The minimum atomic E-state index is 0.522. The van der Waals surface area contributed by atoms with E-state index in [1.165, 1.54) is 49.8 Å². The van der Waals surface area contributed by atoms with Gasteiger partial charge in [0.25, 0.3) is 0 Å². The number of likely N-dealkylation sites (tertiary alicyclic amines) is 1. The molecule has 0 atom stereocenters. The summed E-state index contributed by atoms with van der Waals surface area (Å²) < 4.78 is 0. The predicted molar refractivity (Wildman–Crippen MR) is 110 cm³/mol. The second-order valence-electron chi connectivity index (χ2n) is 7.00. The molecule has 2 N–H and O–H groups in total. The van der Waals surface area contributed by atoms with Crippen LogP contribution >= 0.6 is 0 Å². The number of aromatic nitrogens is 1. The third kappa shape index (κ3) is 4.94. The molecule has 1 aliphatic rings. The molecule has 26 heavy (non-hydrogen) atoms. The summed E-state index contributed by atoms with van der Waals surface area (Å²) in [5.41, 5.74) is 2.38. The first-order valence-corrected chi connectivity index (χ1v) is 9.82. The van der Waals surface area contributed by atoms with Gasteiger partial charge in [-0.3, -0.25) is 9.98 Å². The highest BCUT2D eigenvalue weighted by Gasteiger charge is 2.19. The van der Waals surface area contributed by atoms with Crippen molar-refractivity contribution in [1.82, 2.24) is 20.5 Å². The van der Waals surface area contributed by atoms with E-state index in [2.05, 4.69) is 56.7 Å². The van der Waals surface area contributed by atoms with Gasteiger partial charge in [-0.15, -0.1) is 0 Å². The number of pyridine rings is 1. The Kier molecular flexibility index (Phi) is 6.83. The molecule has 0 aliphatic carbocycles. The molecule has 5 heteroatoms. The lowest BCUT2D eigenvalue weighted by atomic mass is 10.1. The standard InChI is InChI=1S/C21H31N5/c1-3-14-26-15-10-19(11-16-26)25-21(22-2)24-13-9-18-7-4-6-17-8-5-12-23-20(17)18/h4-8,12,19H,3,9-11,13-16H2,1-2H3,(H2,22,24,25). The summed E-state index contributed by atoms with van der Waals surface area (Å²) >= 11 is 0. The van der Waals surface area contributed by atoms with Gasteiger partial charge in [-0.25, -0.2) is 0 Å². The Morgan fingerprint density at radius 1 is 1.23 bits per heavy atom. The van der Waals surface area contributed by atoms with Crippen LogP contribution in [0.2, 0.25) is 0 Å². The van der Waals surface area contributed by atoms with E-state index in [0.717, 1.165) is 24.4 Å². The summed E-state index contributed by atoms with van der Waals surface area (Å²) in [7, 11) is 1.85. The second kappa shape index (κ2) is 9.53. The van der Waals surface area contributed by atoms with Crippen molar-refractivity contribution >= 4 is 16.9 Å². The molecule has 140 valence electrons. The molecular formula is C21H31N5. The summed E-state index contributed by atoms with van der Waals surface area (Å²) in [6.45, 7) is 6.69. The zero-order valence-electron chi connectivity index (χ0n) is 16.0.